The van der Waals surface area contributed by atoms with Crippen molar-refractivity contribution in [1.82, 2.24) is 24.6 Å². The molecule has 34 heavy (non-hydrogen) atoms. The number of nitrogens with one attached hydrogen (secondary N) is 1. The highest BCUT2D eigenvalue weighted by Gasteiger charge is 2.37. The number of hydrogen-bond donors (Lipinski definition) is 1. The van der Waals surface area contributed by atoms with E-state index in [2.05, 4.69) is 15.6 Å². The molecule has 0 saturated carbocycles. The molecule has 1 atom stereocenters. The molecule has 10 heteroatoms. The minimum atomic E-state index is -3.86. The van der Waals surface area contributed by atoms with Crippen LogP contribution in [0.3, 0.4) is 0 Å². The minimum absolute atomic E-state index is 0.141. The molecule has 4 rings (SSSR count). The summed E-state index contributed by atoms with van der Waals surface area (Å²) in [5.74, 6) is -0.269. The van der Waals surface area contributed by atoms with Crippen LogP contribution in [0.2, 0.25) is 0 Å². The number of benzene rings is 2. The average Bonchev–Trinajstić information content (AvgIpc) is 3.25. The first-order chi connectivity index (χ1) is 16.3. The molecule has 2 aromatic carbocycles. The van der Waals surface area contributed by atoms with Crippen molar-refractivity contribution in [2.75, 3.05) is 25.5 Å². The summed E-state index contributed by atoms with van der Waals surface area (Å²) in [7, 11) is 0.0855. The van der Waals surface area contributed by atoms with Gasteiger partial charge >= 0.3 is 0 Å². The second-order valence-corrected chi connectivity index (χ2v) is 10.8. The van der Waals surface area contributed by atoms with Crippen LogP contribution in [-0.4, -0.2) is 60.3 Å². The van der Waals surface area contributed by atoms with E-state index < -0.39 is 16.1 Å². The van der Waals surface area contributed by atoms with Gasteiger partial charge < -0.3 is 10.2 Å². The second-order valence-electron chi connectivity index (χ2n) is 8.87. The van der Waals surface area contributed by atoms with Gasteiger partial charge in [0.05, 0.1) is 10.4 Å². The van der Waals surface area contributed by atoms with Gasteiger partial charge in [0.25, 0.3) is 0 Å². The Morgan fingerprint density at radius 2 is 1.91 bits per heavy atom. The smallest absolute Gasteiger partial charge is 0.243 e. The molecule has 0 bridgehead atoms. The topological polar surface area (TPSA) is 100 Å². The van der Waals surface area contributed by atoms with Gasteiger partial charge in [-0.3, -0.25) is 4.79 Å². The third-order valence-corrected chi connectivity index (χ3v) is 8.11. The van der Waals surface area contributed by atoms with E-state index in [4.69, 9.17) is 0 Å². The first-order valence-corrected chi connectivity index (χ1v) is 13.1. The number of piperidine rings is 1. The van der Waals surface area contributed by atoms with Crippen LogP contribution in [0.25, 0.3) is 11.0 Å². The van der Waals surface area contributed by atoms with E-state index >= 15 is 0 Å². The molecule has 2 heterocycles. The SMILES string of the molecule is CCCn1nnc2cc(S(=O)(=O)N3CCCC[C@H]3C(=O)NCc3ccc(N(C)C)cc3)ccc21. The lowest BCUT2D eigenvalue weighted by Gasteiger charge is -2.33. The molecule has 1 aromatic heterocycles. The van der Waals surface area contributed by atoms with Crippen LogP contribution < -0.4 is 10.2 Å². The molecule has 0 unspecified atom stereocenters. The van der Waals surface area contributed by atoms with Crippen LogP contribution in [0.5, 0.6) is 0 Å². The molecule has 1 aliphatic rings. The van der Waals surface area contributed by atoms with E-state index in [1.807, 2.05) is 50.2 Å². The van der Waals surface area contributed by atoms with Gasteiger partial charge in [-0.15, -0.1) is 5.10 Å². The lowest BCUT2D eigenvalue weighted by Crippen LogP contribution is -2.51. The van der Waals surface area contributed by atoms with Crippen LogP contribution in [-0.2, 0) is 27.9 Å². The molecule has 0 aliphatic carbocycles. The van der Waals surface area contributed by atoms with Crippen molar-refractivity contribution >= 4 is 32.7 Å². The average molecular weight is 485 g/mol. The number of nitrogens with zero attached hydrogens (tertiary/aromatic N) is 5. The van der Waals surface area contributed by atoms with Crippen LogP contribution in [0, 0.1) is 0 Å². The number of sulfonamides is 1. The number of amides is 1. The molecular weight excluding hydrogens is 452 g/mol. The van der Waals surface area contributed by atoms with Gasteiger partial charge in [-0.25, -0.2) is 13.1 Å². The maximum Gasteiger partial charge on any atom is 0.243 e. The Morgan fingerprint density at radius 1 is 1.15 bits per heavy atom. The zero-order chi connectivity index (χ0) is 24.3. The number of aryl methyl sites for hydroxylation is 1. The van der Waals surface area contributed by atoms with Crippen molar-refractivity contribution in [1.29, 1.82) is 0 Å². The molecule has 0 spiro atoms. The molecule has 0 radical (unpaired) electrons. The monoisotopic (exact) mass is 484 g/mol. The number of carbonyl (C=O) groups excluding carboxylic acids is 1. The number of carbonyl (C=O) groups is 1. The molecule has 1 saturated heterocycles. The maximum atomic E-state index is 13.5. The predicted octanol–water partition coefficient (Wildman–Crippen LogP) is 2.77. The summed E-state index contributed by atoms with van der Waals surface area (Å²) in [5.41, 5.74) is 3.37. The Kier molecular flexibility index (Phi) is 7.18. The third kappa shape index (κ3) is 4.92. The van der Waals surface area contributed by atoms with Crippen molar-refractivity contribution < 1.29 is 13.2 Å². The van der Waals surface area contributed by atoms with Crippen LogP contribution >= 0.6 is 0 Å². The summed E-state index contributed by atoms with van der Waals surface area (Å²) < 4.78 is 30.2. The number of fused-ring (bicyclic) bond motifs is 1. The van der Waals surface area contributed by atoms with Gasteiger partial charge in [0.15, 0.2) is 0 Å². The lowest BCUT2D eigenvalue weighted by molar-refractivity contribution is -0.125. The fourth-order valence-electron chi connectivity index (χ4n) is 4.30. The van der Waals surface area contributed by atoms with Gasteiger partial charge in [-0.2, -0.15) is 4.31 Å². The summed E-state index contributed by atoms with van der Waals surface area (Å²) >= 11 is 0. The van der Waals surface area contributed by atoms with Crippen LogP contribution in [0.15, 0.2) is 47.4 Å². The quantitative estimate of drug-likeness (QED) is 0.528. The van der Waals surface area contributed by atoms with E-state index in [1.165, 1.54) is 4.31 Å². The number of aromatic nitrogens is 3. The zero-order valence-corrected chi connectivity index (χ0v) is 20.8. The highest BCUT2D eigenvalue weighted by atomic mass is 32.2. The third-order valence-electron chi connectivity index (χ3n) is 6.20. The Balaban J connectivity index is 1.51. The van der Waals surface area contributed by atoms with E-state index in [-0.39, 0.29) is 10.8 Å². The molecule has 1 N–H and O–H groups in total. The maximum absolute atomic E-state index is 13.5. The number of rotatable bonds is 8. The normalized spacial score (nSPS) is 17.1. The molecule has 1 aliphatic heterocycles. The Bertz CT molecular complexity index is 1250. The first kappa shape index (κ1) is 24.2. The molecule has 1 amide bonds. The molecule has 182 valence electrons. The fraction of sp³-hybridized carbons (Fsp3) is 0.458. The van der Waals surface area contributed by atoms with Crippen molar-refractivity contribution in [2.24, 2.45) is 0 Å². The van der Waals surface area contributed by atoms with Crippen molar-refractivity contribution in [3.63, 3.8) is 0 Å². The standard InChI is InChI=1S/C24H32N6O3S/c1-4-14-29-22-13-12-20(16-21(22)26-27-29)34(32,33)30-15-6-5-7-23(30)24(31)25-17-18-8-10-19(11-9-18)28(2)3/h8-13,16,23H,4-7,14-15,17H2,1-3H3,(H,25,31)/t23-/m0/s1. The van der Waals surface area contributed by atoms with E-state index in [9.17, 15) is 13.2 Å². The first-order valence-electron chi connectivity index (χ1n) is 11.7. The molecule has 3 aromatic rings. The van der Waals surface area contributed by atoms with E-state index in [1.54, 1.807) is 22.9 Å². The van der Waals surface area contributed by atoms with Gasteiger partial charge in [0.1, 0.15) is 11.6 Å². The van der Waals surface area contributed by atoms with Crippen molar-refractivity contribution in [3.8, 4) is 0 Å². The summed E-state index contributed by atoms with van der Waals surface area (Å²) in [5, 5.41) is 11.2. The Labute approximate surface area is 200 Å². The summed E-state index contributed by atoms with van der Waals surface area (Å²) in [6, 6.07) is 12.1. The molecule has 1 fully saturated rings. The number of hydrogen-bond acceptors (Lipinski definition) is 6. The van der Waals surface area contributed by atoms with E-state index in [0.717, 1.165) is 42.6 Å². The Hall–Kier alpha value is -2.98. The lowest BCUT2D eigenvalue weighted by atomic mass is 10.0. The minimum Gasteiger partial charge on any atom is -0.378 e. The van der Waals surface area contributed by atoms with Gasteiger partial charge in [0, 0.05) is 39.4 Å². The zero-order valence-electron chi connectivity index (χ0n) is 19.9. The summed E-state index contributed by atoms with van der Waals surface area (Å²) in [6.07, 6.45) is 2.94. The van der Waals surface area contributed by atoms with E-state index in [0.29, 0.717) is 25.0 Å². The van der Waals surface area contributed by atoms with Crippen LogP contribution in [0.4, 0.5) is 5.69 Å². The van der Waals surface area contributed by atoms with Gasteiger partial charge in [0.2, 0.25) is 15.9 Å². The fourth-order valence-corrected chi connectivity index (χ4v) is 5.98. The van der Waals surface area contributed by atoms with Crippen molar-refractivity contribution in [3.05, 3.63) is 48.0 Å². The molecule has 9 nitrogen and oxygen atoms in total. The largest absolute Gasteiger partial charge is 0.378 e. The Morgan fingerprint density at radius 3 is 2.62 bits per heavy atom. The highest BCUT2D eigenvalue weighted by Crippen LogP contribution is 2.27. The second kappa shape index (κ2) is 10.1. The molecular formula is C24H32N6O3S. The highest BCUT2D eigenvalue weighted by molar-refractivity contribution is 7.89. The number of anilines is 1. The van der Waals surface area contributed by atoms with Gasteiger partial charge in [-0.1, -0.05) is 30.7 Å². The predicted molar refractivity (Wildman–Crippen MR) is 132 cm³/mol. The van der Waals surface area contributed by atoms with Crippen LogP contribution in [0.1, 0.15) is 38.2 Å². The van der Waals surface area contributed by atoms with Gasteiger partial charge in [-0.05, 0) is 55.2 Å². The summed E-state index contributed by atoms with van der Waals surface area (Å²) in [4.78, 5) is 15.2. The summed E-state index contributed by atoms with van der Waals surface area (Å²) in [6.45, 7) is 3.43. The van der Waals surface area contributed by atoms with Crippen molar-refractivity contribution in [2.45, 2.75) is 56.6 Å².